The highest BCUT2D eigenvalue weighted by Gasteiger charge is 2.29. The molecule has 0 radical (unpaired) electrons. The quantitative estimate of drug-likeness (QED) is 0.224. The van der Waals surface area contributed by atoms with Crippen LogP contribution in [0, 0.1) is 11.8 Å². The molecule has 0 aromatic carbocycles. The second kappa shape index (κ2) is 12.8. The summed E-state index contributed by atoms with van der Waals surface area (Å²) in [5.41, 5.74) is 5.73. The van der Waals surface area contributed by atoms with Gasteiger partial charge in [0.25, 0.3) is 0 Å². The largest absolute Gasteiger partial charge is 0.481 e. The smallest absolute Gasteiger partial charge is 0.326 e. The molecule has 0 saturated carbocycles. The Kier molecular flexibility index (Phi) is 11.6. The normalized spacial score (nSPS) is 15.1. The maximum atomic E-state index is 12.5. The van der Waals surface area contributed by atoms with Crippen LogP contribution in [0.1, 0.15) is 53.9 Å². The van der Waals surface area contributed by atoms with Crippen molar-refractivity contribution in [1.82, 2.24) is 16.0 Å². The summed E-state index contributed by atoms with van der Waals surface area (Å²) in [4.78, 5) is 59.2. The first-order valence-electron chi connectivity index (χ1n) is 9.87. The van der Waals surface area contributed by atoms with E-state index in [1.807, 2.05) is 0 Å². The first-order chi connectivity index (χ1) is 13.8. The predicted octanol–water partition coefficient (Wildman–Crippen LogP) is -0.560. The van der Waals surface area contributed by atoms with Crippen LogP contribution in [0.2, 0.25) is 0 Å². The molecule has 11 nitrogen and oxygen atoms in total. The number of carboxylic acid groups (broad SMARTS) is 2. The number of nitrogens with two attached hydrogens (primary N) is 1. The van der Waals surface area contributed by atoms with Gasteiger partial charge in [0.15, 0.2) is 0 Å². The van der Waals surface area contributed by atoms with Gasteiger partial charge in [-0.05, 0) is 31.6 Å². The van der Waals surface area contributed by atoms with Gasteiger partial charge in [-0.15, -0.1) is 0 Å². The minimum absolute atomic E-state index is 0.0149. The fourth-order valence-electron chi connectivity index (χ4n) is 2.48. The van der Waals surface area contributed by atoms with Crippen molar-refractivity contribution >= 4 is 29.7 Å². The summed E-state index contributed by atoms with van der Waals surface area (Å²) in [5, 5.41) is 25.3. The van der Waals surface area contributed by atoms with E-state index in [0.717, 1.165) is 0 Å². The molecule has 0 aromatic heterocycles. The number of amides is 3. The van der Waals surface area contributed by atoms with Gasteiger partial charge in [0.1, 0.15) is 18.1 Å². The summed E-state index contributed by atoms with van der Waals surface area (Å²) in [5.74, 6) is -4.65. The van der Waals surface area contributed by atoms with Gasteiger partial charge in [-0.3, -0.25) is 19.2 Å². The van der Waals surface area contributed by atoms with Crippen molar-refractivity contribution in [3.8, 4) is 0 Å². The number of carboxylic acids is 2. The van der Waals surface area contributed by atoms with E-state index in [-0.39, 0.29) is 24.7 Å². The molecule has 30 heavy (non-hydrogen) atoms. The van der Waals surface area contributed by atoms with Gasteiger partial charge >= 0.3 is 11.9 Å². The Bertz CT molecular complexity index is 636. The highest BCUT2D eigenvalue weighted by molar-refractivity contribution is 5.94. The maximum Gasteiger partial charge on any atom is 0.326 e. The number of nitrogens with one attached hydrogen (secondary N) is 3. The predicted molar refractivity (Wildman–Crippen MR) is 108 cm³/mol. The number of hydrogen-bond acceptors (Lipinski definition) is 6. The van der Waals surface area contributed by atoms with Gasteiger partial charge < -0.3 is 31.9 Å². The minimum Gasteiger partial charge on any atom is -0.481 e. The van der Waals surface area contributed by atoms with Crippen LogP contribution in [0.15, 0.2) is 0 Å². The number of rotatable bonds is 13. The number of hydrogen-bond donors (Lipinski definition) is 6. The molecule has 0 aromatic rings. The molecule has 0 spiro atoms. The van der Waals surface area contributed by atoms with Crippen LogP contribution in [-0.2, 0) is 24.0 Å². The van der Waals surface area contributed by atoms with E-state index in [4.69, 9.17) is 10.8 Å². The number of carbonyl (C=O) groups excluding carboxylic acids is 3. The lowest BCUT2D eigenvalue weighted by molar-refractivity contribution is -0.143. The van der Waals surface area contributed by atoms with Crippen molar-refractivity contribution < 1.29 is 34.2 Å². The van der Waals surface area contributed by atoms with Crippen LogP contribution in [0.5, 0.6) is 0 Å². The molecule has 0 fully saturated rings. The Morgan fingerprint density at radius 1 is 0.800 bits per heavy atom. The summed E-state index contributed by atoms with van der Waals surface area (Å²) >= 11 is 0. The van der Waals surface area contributed by atoms with Crippen molar-refractivity contribution in [3.63, 3.8) is 0 Å². The number of carbonyl (C=O) groups is 5. The molecule has 0 aliphatic heterocycles. The second-order valence-corrected chi connectivity index (χ2v) is 8.02. The van der Waals surface area contributed by atoms with Crippen molar-refractivity contribution in [1.29, 1.82) is 0 Å². The fraction of sp³-hybridized carbons (Fsp3) is 0.737. The summed E-state index contributed by atoms with van der Waals surface area (Å²) in [7, 11) is 0. The third kappa shape index (κ3) is 10.2. The lowest BCUT2D eigenvalue weighted by Gasteiger charge is -2.24. The molecule has 7 N–H and O–H groups in total. The standard InChI is InChI=1S/C19H34N4O7/c1-9(2)8-13(19(29)30)23-17(27)12(6-7-14(24)25)22-16(26)11(5)21-18(28)15(20)10(3)4/h9-13,15H,6-8,20H2,1-5H3,(H,21,28)(H,22,26)(H,23,27)(H,24,25)(H,29,30). The van der Waals surface area contributed by atoms with Gasteiger partial charge in [0.2, 0.25) is 17.7 Å². The molecule has 0 rings (SSSR count). The Labute approximate surface area is 176 Å². The third-order valence-electron chi connectivity index (χ3n) is 4.37. The number of aliphatic carboxylic acids is 2. The van der Waals surface area contributed by atoms with E-state index in [9.17, 15) is 29.1 Å². The molecule has 0 aliphatic carbocycles. The fourth-order valence-corrected chi connectivity index (χ4v) is 2.48. The molecule has 0 aliphatic rings. The molecule has 3 amide bonds. The first kappa shape index (κ1) is 27.3. The molecule has 0 bridgehead atoms. The molecule has 172 valence electrons. The minimum atomic E-state index is -1.28. The zero-order valence-electron chi connectivity index (χ0n) is 18.1. The summed E-state index contributed by atoms with van der Waals surface area (Å²) in [6, 6.07) is -4.31. The average molecular weight is 431 g/mol. The lowest BCUT2D eigenvalue weighted by Crippen LogP contribution is -2.56. The van der Waals surface area contributed by atoms with Crippen LogP contribution in [0.4, 0.5) is 0 Å². The van der Waals surface area contributed by atoms with Crippen LogP contribution >= 0.6 is 0 Å². The Morgan fingerprint density at radius 2 is 1.33 bits per heavy atom. The van der Waals surface area contributed by atoms with E-state index in [2.05, 4.69) is 16.0 Å². The van der Waals surface area contributed by atoms with Gasteiger partial charge in [-0.2, -0.15) is 0 Å². The second-order valence-electron chi connectivity index (χ2n) is 8.02. The molecular formula is C19H34N4O7. The zero-order valence-corrected chi connectivity index (χ0v) is 18.1. The van der Waals surface area contributed by atoms with Gasteiger partial charge in [0, 0.05) is 6.42 Å². The Hall–Kier alpha value is -2.69. The van der Waals surface area contributed by atoms with E-state index < -0.39 is 60.2 Å². The summed E-state index contributed by atoms with van der Waals surface area (Å²) in [6.45, 7) is 8.47. The summed E-state index contributed by atoms with van der Waals surface area (Å²) < 4.78 is 0. The van der Waals surface area contributed by atoms with E-state index in [1.54, 1.807) is 27.7 Å². The van der Waals surface area contributed by atoms with Crippen LogP contribution in [0.25, 0.3) is 0 Å². The van der Waals surface area contributed by atoms with Crippen LogP contribution < -0.4 is 21.7 Å². The molecule has 4 atom stereocenters. The SMILES string of the molecule is CC(C)CC(NC(=O)C(CCC(=O)O)NC(=O)C(C)NC(=O)C(N)C(C)C)C(=O)O. The van der Waals surface area contributed by atoms with Gasteiger partial charge in [-0.25, -0.2) is 4.79 Å². The zero-order chi connectivity index (χ0) is 23.6. The average Bonchev–Trinajstić information content (AvgIpc) is 2.62. The van der Waals surface area contributed by atoms with Crippen LogP contribution in [0.3, 0.4) is 0 Å². The molecule has 11 heteroatoms. The highest BCUT2D eigenvalue weighted by atomic mass is 16.4. The third-order valence-corrected chi connectivity index (χ3v) is 4.37. The van der Waals surface area contributed by atoms with Crippen molar-refractivity contribution in [3.05, 3.63) is 0 Å². The van der Waals surface area contributed by atoms with Crippen molar-refractivity contribution in [2.75, 3.05) is 0 Å². The highest BCUT2D eigenvalue weighted by Crippen LogP contribution is 2.07. The Morgan fingerprint density at radius 3 is 1.77 bits per heavy atom. The molecule has 4 unspecified atom stereocenters. The van der Waals surface area contributed by atoms with E-state index >= 15 is 0 Å². The Balaban J connectivity index is 5.20. The van der Waals surface area contributed by atoms with Gasteiger partial charge in [-0.1, -0.05) is 27.7 Å². The van der Waals surface area contributed by atoms with Crippen molar-refractivity contribution in [2.45, 2.75) is 78.0 Å². The van der Waals surface area contributed by atoms with Crippen molar-refractivity contribution in [2.24, 2.45) is 17.6 Å². The van der Waals surface area contributed by atoms with E-state index in [1.165, 1.54) is 6.92 Å². The lowest BCUT2D eigenvalue weighted by atomic mass is 10.0. The monoisotopic (exact) mass is 430 g/mol. The molecular weight excluding hydrogens is 396 g/mol. The van der Waals surface area contributed by atoms with Gasteiger partial charge in [0.05, 0.1) is 6.04 Å². The van der Waals surface area contributed by atoms with Crippen LogP contribution in [-0.4, -0.2) is 64.0 Å². The maximum absolute atomic E-state index is 12.5. The van der Waals surface area contributed by atoms with E-state index in [0.29, 0.717) is 0 Å². The topological polar surface area (TPSA) is 188 Å². The molecule has 0 saturated heterocycles. The summed E-state index contributed by atoms with van der Waals surface area (Å²) in [6.07, 6.45) is -0.493. The first-order valence-corrected chi connectivity index (χ1v) is 9.87. The molecule has 0 heterocycles.